The largest absolute Gasteiger partial charge is 0.497 e. The van der Waals surface area contributed by atoms with Gasteiger partial charge in [-0.25, -0.2) is 4.79 Å². The predicted octanol–water partition coefficient (Wildman–Crippen LogP) is 7.27. The van der Waals surface area contributed by atoms with Crippen LogP contribution in [0.2, 0.25) is 0 Å². The minimum Gasteiger partial charge on any atom is -0.497 e. The molecule has 4 rings (SSSR count). The van der Waals surface area contributed by atoms with Crippen LogP contribution in [0.1, 0.15) is 68.8 Å². The number of alkyl halides is 6. The van der Waals surface area contributed by atoms with Crippen LogP contribution in [0.4, 0.5) is 42.8 Å². The monoisotopic (exact) mass is 628 g/mol. The zero-order valence-electron chi connectivity index (χ0n) is 24.9. The average molecular weight is 629 g/mol. The summed E-state index contributed by atoms with van der Waals surface area (Å²) in [5, 5.41) is 12.7. The molecule has 0 aliphatic carbocycles. The van der Waals surface area contributed by atoms with Gasteiger partial charge < -0.3 is 14.4 Å². The molecule has 240 valence electrons. The number of halogens is 6. The van der Waals surface area contributed by atoms with Gasteiger partial charge in [0.25, 0.3) is 5.95 Å². The Bertz CT molecular complexity index is 1430. The third kappa shape index (κ3) is 7.18. The van der Waals surface area contributed by atoms with Gasteiger partial charge in [0.05, 0.1) is 43.1 Å². The van der Waals surface area contributed by atoms with Crippen molar-refractivity contribution in [3.8, 4) is 5.75 Å². The van der Waals surface area contributed by atoms with E-state index in [-0.39, 0.29) is 36.5 Å². The van der Waals surface area contributed by atoms with E-state index in [1.807, 2.05) is 20.8 Å². The fraction of sp³-hybridized carbons (Fsp3) is 0.517. The number of tetrazole rings is 1. The van der Waals surface area contributed by atoms with E-state index in [2.05, 4.69) is 15.4 Å². The Morgan fingerprint density at radius 1 is 1.05 bits per heavy atom. The normalized spacial score (nSPS) is 17.0. The molecule has 15 heteroatoms. The number of methoxy groups -OCH3 is 1. The van der Waals surface area contributed by atoms with Crippen LogP contribution in [0.25, 0.3) is 0 Å². The highest BCUT2D eigenvalue weighted by atomic mass is 19.4. The lowest BCUT2D eigenvalue weighted by atomic mass is 9.88. The van der Waals surface area contributed by atoms with Crippen molar-refractivity contribution < 1.29 is 40.6 Å². The van der Waals surface area contributed by atoms with Gasteiger partial charge in [-0.3, -0.25) is 4.90 Å². The Morgan fingerprint density at radius 2 is 1.70 bits per heavy atom. The molecule has 9 nitrogen and oxygen atoms in total. The molecule has 0 N–H and O–H groups in total. The number of carbonyl (C=O) groups is 1. The van der Waals surface area contributed by atoms with E-state index >= 15 is 0 Å². The van der Waals surface area contributed by atoms with E-state index in [4.69, 9.17) is 9.47 Å². The molecule has 0 fully saturated rings. The molecule has 1 amide bonds. The van der Waals surface area contributed by atoms with E-state index < -0.39 is 48.2 Å². The minimum absolute atomic E-state index is 0.00910. The Labute approximate surface area is 250 Å². The fourth-order valence-electron chi connectivity index (χ4n) is 5.30. The number of hydrogen-bond donors (Lipinski definition) is 0. The molecule has 0 saturated heterocycles. The lowest BCUT2D eigenvalue weighted by Gasteiger charge is -2.43. The summed E-state index contributed by atoms with van der Waals surface area (Å²) in [6.07, 6.45) is -9.90. The van der Waals surface area contributed by atoms with Crippen molar-refractivity contribution >= 4 is 17.7 Å². The van der Waals surface area contributed by atoms with Crippen molar-refractivity contribution in [3.05, 3.63) is 58.7 Å². The Morgan fingerprint density at radius 3 is 2.25 bits per heavy atom. The summed E-state index contributed by atoms with van der Waals surface area (Å²) in [7, 11) is 1.45. The van der Waals surface area contributed by atoms with Crippen LogP contribution in [-0.2, 0) is 30.2 Å². The number of benzene rings is 2. The molecule has 0 spiro atoms. The van der Waals surface area contributed by atoms with Gasteiger partial charge in [0, 0.05) is 18.2 Å². The Balaban J connectivity index is 1.91. The number of nitrogens with zero attached hydrogens (tertiary/aromatic N) is 6. The molecule has 1 unspecified atom stereocenters. The molecule has 2 atom stereocenters. The number of rotatable bonds is 9. The summed E-state index contributed by atoms with van der Waals surface area (Å²) in [6, 6.07) is 5.36. The van der Waals surface area contributed by atoms with Gasteiger partial charge in [-0.05, 0) is 72.9 Å². The molecule has 2 aromatic carbocycles. The highest BCUT2D eigenvalue weighted by molar-refractivity contribution is 5.90. The van der Waals surface area contributed by atoms with Gasteiger partial charge in [-0.1, -0.05) is 25.9 Å². The van der Waals surface area contributed by atoms with Crippen molar-refractivity contribution in [2.45, 2.75) is 78.1 Å². The standard InChI is InChI=1S/C29H34F6N6O3/c1-6-21-13-25(23-14-22(43-5)8-9-24(23)41(21)27(42)44-7-2)39(26-36-38-40(37-26)15-17(3)4)16-18-10-19(28(30,31)32)12-20(11-18)29(33,34)35/h8-12,14,17,21,25H,6-7,13,15-16H2,1-5H3/t21?,25-/m0/s1. The zero-order valence-corrected chi connectivity index (χ0v) is 24.9. The smallest absolute Gasteiger partial charge is 0.416 e. The first-order chi connectivity index (χ1) is 20.7. The van der Waals surface area contributed by atoms with Crippen molar-refractivity contribution in [1.29, 1.82) is 0 Å². The molecule has 0 radical (unpaired) electrons. The summed E-state index contributed by atoms with van der Waals surface area (Å²) in [6.45, 7) is 7.50. The van der Waals surface area contributed by atoms with Crippen LogP contribution >= 0.6 is 0 Å². The molecule has 44 heavy (non-hydrogen) atoms. The highest BCUT2D eigenvalue weighted by Gasteiger charge is 2.41. The number of aromatic nitrogens is 4. The summed E-state index contributed by atoms with van der Waals surface area (Å²) in [4.78, 5) is 17.5. The zero-order chi connectivity index (χ0) is 32.4. The van der Waals surface area contributed by atoms with Gasteiger partial charge >= 0.3 is 18.4 Å². The average Bonchev–Trinajstić information content (AvgIpc) is 3.41. The molecule has 2 heterocycles. The van der Waals surface area contributed by atoms with Crippen molar-refractivity contribution in [1.82, 2.24) is 20.2 Å². The fourth-order valence-corrected chi connectivity index (χ4v) is 5.30. The molecule has 3 aromatic rings. The second-order valence-corrected chi connectivity index (χ2v) is 10.9. The number of hydrogen-bond acceptors (Lipinski definition) is 7. The van der Waals surface area contributed by atoms with E-state index in [0.29, 0.717) is 42.1 Å². The van der Waals surface area contributed by atoms with E-state index in [1.165, 1.54) is 21.7 Å². The first-order valence-corrected chi connectivity index (χ1v) is 14.1. The Kier molecular flexibility index (Phi) is 9.64. The number of amides is 1. The van der Waals surface area contributed by atoms with E-state index in [1.54, 1.807) is 25.1 Å². The third-order valence-electron chi connectivity index (χ3n) is 7.25. The Hall–Kier alpha value is -4.04. The van der Waals surface area contributed by atoms with Crippen LogP contribution in [-0.4, -0.2) is 46.1 Å². The van der Waals surface area contributed by atoms with Crippen LogP contribution in [0.3, 0.4) is 0 Å². The first kappa shape index (κ1) is 32.9. The molecular weight excluding hydrogens is 594 g/mol. The second-order valence-electron chi connectivity index (χ2n) is 10.9. The van der Waals surface area contributed by atoms with Gasteiger partial charge in [-0.15, -0.1) is 5.10 Å². The van der Waals surface area contributed by atoms with Crippen molar-refractivity contribution in [3.63, 3.8) is 0 Å². The lowest BCUT2D eigenvalue weighted by molar-refractivity contribution is -0.143. The number of ether oxygens (including phenoxy) is 2. The summed E-state index contributed by atoms with van der Waals surface area (Å²) in [5.41, 5.74) is -2.11. The third-order valence-corrected chi connectivity index (χ3v) is 7.25. The highest BCUT2D eigenvalue weighted by Crippen LogP contribution is 2.45. The first-order valence-electron chi connectivity index (χ1n) is 14.1. The van der Waals surface area contributed by atoms with Crippen LogP contribution < -0.4 is 14.5 Å². The molecule has 1 aromatic heterocycles. The van der Waals surface area contributed by atoms with Crippen LogP contribution in [0.5, 0.6) is 5.75 Å². The molecule has 0 saturated carbocycles. The maximum Gasteiger partial charge on any atom is 0.416 e. The van der Waals surface area contributed by atoms with E-state index in [0.717, 1.165) is 0 Å². The maximum absolute atomic E-state index is 13.8. The maximum atomic E-state index is 13.8. The number of fused-ring (bicyclic) bond motifs is 1. The van der Waals surface area contributed by atoms with Gasteiger partial charge in [0.1, 0.15) is 5.75 Å². The van der Waals surface area contributed by atoms with E-state index in [9.17, 15) is 31.1 Å². The van der Waals surface area contributed by atoms with Crippen LogP contribution in [0.15, 0.2) is 36.4 Å². The minimum atomic E-state index is -5.02. The quantitative estimate of drug-likeness (QED) is 0.231. The molecular formula is C29H34F6N6O3. The topological polar surface area (TPSA) is 85.6 Å². The van der Waals surface area contributed by atoms with Crippen LogP contribution in [0, 0.1) is 5.92 Å². The second kappa shape index (κ2) is 12.9. The summed E-state index contributed by atoms with van der Waals surface area (Å²) in [5.74, 6) is 0.572. The lowest BCUT2D eigenvalue weighted by Crippen LogP contribution is -2.48. The van der Waals surface area contributed by atoms with Gasteiger partial charge in [-0.2, -0.15) is 31.1 Å². The van der Waals surface area contributed by atoms with Crippen molar-refractivity contribution in [2.24, 2.45) is 5.92 Å². The van der Waals surface area contributed by atoms with Gasteiger partial charge in [0.2, 0.25) is 0 Å². The molecule has 1 aliphatic rings. The molecule has 0 bridgehead atoms. The van der Waals surface area contributed by atoms with Crippen molar-refractivity contribution in [2.75, 3.05) is 23.5 Å². The summed E-state index contributed by atoms with van der Waals surface area (Å²) < 4.78 is 93.3. The number of carbonyl (C=O) groups excluding carboxylic acids is 1. The SMILES string of the molecule is CCOC(=O)N1c2ccc(OC)cc2[C@@H](N(Cc2cc(C(F)(F)F)cc(C(F)(F)F)c2)c2nnn(CC(C)C)n2)CC1CC. The van der Waals surface area contributed by atoms with Gasteiger partial charge in [0.15, 0.2) is 0 Å². The molecule has 1 aliphatic heterocycles. The summed E-state index contributed by atoms with van der Waals surface area (Å²) >= 11 is 0. The number of anilines is 2. The predicted molar refractivity (Wildman–Crippen MR) is 149 cm³/mol.